The van der Waals surface area contributed by atoms with Gasteiger partial charge < -0.3 is 4.84 Å². The lowest BCUT2D eigenvalue weighted by Crippen LogP contribution is -2.06. The molecule has 0 saturated carbocycles. The maximum absolute atomic E-state index is 5.64. The number of hydrogen-bond acceptors (Lipinski definition) is 2. The van der Waals surface area contributed by atoms with Crippen LogP contribution in [0.5, 0.6) is 5.75 Å². The van der Waals surface area contributed by atoms with Crippen molar-refractivity contribution in [3.63, 3.8) is 0 Å². The Balaban J connectivity index is 2.01. The predicted octanol–water partition coefficient (Wildman–Crippen LogP) is 2.88. The van der Waals surface area contributed by atoms with Crippen LogP contribution in [0.25, 0.3) is 10.9 Å². The van der Waals surface area contributed by atoms with E-state index in [1.54, 1.807) is 6.20 Å². The molecule has 0 fully saturated rings. The summed E-state index contributed by atoms with van der Waals surface area (Å²) in [7, 11) is 0. The fourth-order valence-electron chi connectivity index (χ4n) is 1.60. The average Bonchev–Trinajstić information content (AvgIpc) is 2.74. The Bertz CT molecular complexity index is 601. The first-order valence-corrected chi connectivity index (χ1v) is 5.10. The molecule has 0 bridgehead atoms. The summed E-state index contributed by atoms with van der Waals surface area (Å²) in [6.45, 7) is 0. The Morgan fingerprint density at radius 1 is 0.875 bits per heavy atom. The Labute approximate surface area is 92.8 Å². The Morgan fingerprint density at radius 2 is 1.62 bits per heavy atom. The molecule has 0 saturated heterocycles. The van der Waals surface area contributed by atoms with Crippen LogP contribution in [0.1, 0.15) is 0 Å². The van der Waals surface area contributed by atoms with Gasteiger partial charge in [-0.25, -0.2) is 0 Å². The van der Waals surface area contributed by atoms with E-state index in [1.165, 1.54) is 4.85 Å². The monoisotopic (exact) mass is 210 g/mol. The minimum Gasteiger partial charge on any atom is -0.357 e. The summed E-state index contributed by atoms with van der Waals surface area (Å²) in [5, 5.41) is 5.25. The molecule has 0 spiro atoms. The van der Waals surface area contributed by atoms with Gasteiger partial charge in [0, 0.05) is 5.39 Å². The molecule has 16 heavy (non-hydrogen) atoms. The number of fused-ring (bicyclic) bond motifs is 1. The molecule has 3 nitrogen and oxygen atoms in total. The van der Waals surface area contributed by atoms with E-state index in [4.69, 9.17) is 4.84 Å². The zero-order chi connectivity index (χ0) is 10.8. The molecule has 0 atom stereocenters. The summed E-state index contributed by atoms with van der Waals surface area (Å²) in [4.78, 5) is 7.17. The van der Waals surface area contributed by atoms with Gasteiger partial charge in [-0.1, -0.05) is 41.2 Å². The molecule has 78 valence electrons. The van der Waals surface area contributed by atoms with Crippen molar-refractivity contribution >= 4 is 10.9 Å². The molecule has 3 aromatic rings. The molecule has 0 aliphatic rings. The van der Waals surface area contributed by atoms with Gasteiger partial charge in [-0.2, -0.15) is 0 Å². The molecule has 3 heteroatoms. The highest BCUT2D eigenvalue weighted by atomic mass is 16.7. The first-order valence-electron chi connectivity index (χ1n) is 5.10. The lowest BCUT2D eigenvalue weighted by molar-refractivity contribution is 0.191. The molecule has 0 radical (unpaired) electrons. The van der Waals surface area contributed by atoms with E-state index in [9.17, 15) is 0 Å². The van der Waals surface area contributed by atoms with Crippen LogP contribution < -0.4 is 4.84 Å². The number of rotatable bonds is 2. The normalized spacial score (nSPS) is 10.5. The van der Waals surface area contributed by atoms with Gasteiger partial charge in [0.05, 0.1) is 6.20 Å². The maximum atomic E-state index is 5.64. The zero-order valence-corrected chi connectivity index (χ0v) is 8.58. The Hall–Kier alpha value is -2.29. The highest BCUT2D eigenvalue weighted by Crippen LogP contribution is 2.15. The van der Waals surface area contributed by atoms with Gasteiger partial charge in [0.15, 0.2) is 5.75 Å². The molecule has 1 heterocycles. The van der Waals surface area contributed by atoms with Crippen LogP contribution in [0.4, 0.5) is 0 Å². The van der Waals surface area contributed by atoms with Crippen LogP contribution >= 0.6 is 0 Å². The zero-order valence-electron chi connectivity index (χ0n) is 8.58. The van der Waals surface area contributed by atoms with E-state index >= 15 is 0 Å². The largest absolute Gasteiger partial charge is 0.357 e. The van der Waals surface area contributed by atoms with Gasteiger partial charge in [0.1, 0.15) is 5.52 Å². The molecular formula is C13H10N2O. The van der Waals surface area contributed by atoms with Crippen molar-refractivity contribution in [3.05, 3.63) is 60.8 Å². The van der Waals surface area contributed by atoms with Crippen molar-refractivity contribution < 1.29 is 4.84 Å². The number of para-hydroxylation sites is 2. The third-order valence-corrected chi connectivity index (χ3v) is 2.38. The molecule has 0 aliphatic carbocycles. The van der Waals surface area contributed by atoms with Gasteiger partial charge in [-0.15, -0.1) is 5.10 Å². The summed E-state index contributed by atoms with van der Waals surface area (Å²) in [6, 6.07) is 17.5. The van der Waals surface area contributed by atoms with Gasteiger partial charge in [-0.05, 0) is 18.2 Å². The quantitative estimate of drug-likeness (QED) is 0.650. The molecule has 1 aromatic heterocycles. The number of aromatic nitrogens is 2. The second-order valence-corrected chi connectivity index (χ2v) is 3.48. The highest BCUT2D eigenvalue weighted by Gasteiger charge is 2.02. The summed E-state index contributed by atoms with van der Waals surface area (Å²) >= 11 is 0. The minimum atomic E-state index is 0.774. The molecule has 2 aromatic carbocycles. The predicted molar refractivity (Wildman–Crippen MR) is 62.2 cm³/mol. The summed E-state index contributed by atoms with van der Waals surface area (Å²) in [5.41, 5.74) is 0.964. The lowest BCUT2D eigenvalue weighted by Gasteiger charge is -2.04. The molecular weight excluding hydrogens is 200 g/mol. The van der Waals surface area contributed by atoms with Crippen molar-refractivity contribution in [1.29, 1.82) is 0 Å². The molecule has 0 N–H and O–H groups in total. The van der Waals surface area contributed by atoms with Crippen LogP contribution in [-0.4, -0.2) is 9.94 Å². The maximum Gasteiger partial charge on any atom is 0.157 e. The third kappa shape index (κ3) is 1.52. The van der Waals surface area contributed by atoms with Crippen LogP contribution in [0.15, 0.2) is 60.8 Å². The molecule has 3 rings (SSSR count). The fourth-order valence-corrected chi connectivity index (χ4v) is 1.60. The third-order valence-electron chi connectivity index (χ3n) is 2.38. The second-order valence-electron chi connectivity index (χ2n) is 3.48. The van der Waals surface area contributed by atoms with Gasteiger partial charge in [0.25, 0.3) is 0 Å². The Morgan fingerprint density at radius 3 is 2.50 bits per heavy atom. The number of nitrogens with zero attached hydrogens (tertiary/aromatic N) is 2. The van der Waals surface area contributed by atoms with Crippen molar-refractivity contribution in [2.45, 2.75) is 0 Å². The van der Waals surface area contributed by atoms with E-state index in [0.29, 0.717) is 0 Å². The topological polar surface area (TPSA) is 27.1 Å². The van der Waals surface area contributed by atoms with Crippen molar-refractivity contribution in [2.24, 2.45) is 0 Å². The summed E-state index contributed by atoms with van der Waals surface area (Å²) in [5.74, 6) is 0.774. The average molecular weight is 210 g/mol. The van der Waals surface area contributed by atoms with E-state index in [0.717, 1.165) is 16.7 Å². The first kappa shape index (κ1) is 8.97. The number of hydrogen-bond donors (Lipinski definition) is 0. The van der Waals surface area contributed by atoms with E-state index in [2.05, 4.69) is 5.10 Å². The Kier molecular flexibility index (Phi) is 2.07. The minimum absolute atomic E-state index is 0.774. The van der Waals surface area contributed by atoms with Crippen LogP contribution in [0, 0.1) is 0 Å². The molecule has 0 amide bonds. The van der Waals surface area contributed by atoms with Crippen molar-refractivity contribution in [3.8, 4) is 5.75 Å². The highest BCUT2D eigenvalue weighted by molar-refractivity contribution is 5.77. The SMILES string of the molecule is c1ccc(On2ncc3ccccc32)cc1. The standard InChI is InChI=1S/C13H10N2O/c1-2-7-12(8-3-1)16-15-13-9-5-4-6-11(13)10-14-15/h1-10H. The first-order chi connectivity index (χ1) is 7.93. The van der Waals surface area contributed by atoms with Crippen molar-refractivity contribution in [2.75, 3.05) is 0 Å². The van der Waals surface area contributed by atoms with Crippen LogP contribution in [0.2, 0.25) is 0 Å². The molecule has 0 aliphatic heterocycles. The lowest BCUT2D eigenvalue weighted by atomic mass is 10.3. The number of benzene rings is 2. The van der Waals surface area contributed by atoms with Gasteiger partial charge in [-0.3, -0.25) is 0 Å². The molecule has 0 unspecified atom stereocenters. The fraction of sp³-hybridized carbons (Fsp3) is 0. The van der Waals surface area contributed by atoms with E-state index < -0.39 is 0 Å². The smallest absolute Gasteiger partial charge is 0.157 e. The second kappa shape index (κ2) is 3.70. The van der Waals surface area contributed by atoms with Crippen molar-refractivity contribution in [1.82, 2.24) is 9.94 Å². The van der Waals surface area contributed by atoms with Crippen LogP contribution in [0.3, 0.4) is 0 Å². The van der Waals surface area contributed by atoms with E-state index in [1.807, 2.05) is 54.6 Å². The van der Waals surface area contributed by atoms with Crippen LogP contribution in [-0.2, 0) is 0 Å². The summed E-state index contributed by atoms with van der Waals surface area (Å²) < 4.78 is 0. The van der Waals surface area contributed by atoms with E-state index in [-0.39, 0.29) is 0 Å². The van der Waals surface area contributed by atoms with Gasteiger partial charge >= 0.3 is 0 Å². The van der Waals surface area contributed by atoms with Gasteiger partial charge in [0.2, 0.25) is 0 Å². The summed E-state index contributed by atoms with van der Waals surface area (Å²) in [6.07, 6.45) is 1.79.